The number of urea groups is 1. The number of carbonyl (C=O) groups excluding carboxylic acids is 3. The third-order valence-electron chi connectivity index (χ3n) is 5.82. The first-order chi connectivity index (χ1) is 12.8. The van der Waals surface area contributed by atoms with E-state index in [0.29, 0.717) is 17.5 Å². The monoisotopic (exact) mass is 373 g/mol. The lowest BCUT2D eigenvalue weighted by atomic mass is 9.84. The number of hydrogen-bond donors (Lipinski definition) is 3. The molecular weight excluding hydrogens is 346 g/mol. The molecule has 0 radical (unpaired) electrons. The van der Waals surface area contributed by atoms with Crippen LogP contribution in [0.2, 0.25) is 0 Å². The highest BCUT2D eigenvalue weighted by Crippen LogP contribution is 2.49. The van der Waals surface area contributed by atoms with Crippen LogP contribution in [-0.4, -0.2) is 30.1 Å². The first kappa shape index (κ1) is 19.2. The molecule has 2 saturated carbocycles. The molecule has 146 valence electrons. The zero-order valence-corrected chi connectivity index (χ0v) is 15.7. The van der Waals surface area contributed by atoms with E-state index in [-0.39, 0.29) is 17.5 Å². The lowest BCUT2D eigenvalue weighted by Gasteiger charge is -2.29. The van der Waals surface area contributed by atoms with Gasteiger partial charge >= 0.3 is 12.0 Å². The standard InChI is InChI=1S/C20H27N3O4/c1-11(17-9-13-6-7-14(17)8-13)22-18(24)12(2)27-19(25)15-4-3-5-16(10-15)23-20(21)26/h3-5,10-14,17H,6-9H2,1-2H3,(H,22,24)(H3,21,23,26)/t11-,12+,13+,14+,17-/m1/s1. The van der Waals surface area contributed by atoms with E-state index in [1.165, 1.54) is 31.7 Å². The molecule has 1 aromatic rings. The molecule has 2 bridgehead atoms. The summed E-state index contributed by atoms with van der Waals surface area (Å²) in [5.41, 5.74) is 5.70. The highest BCUT2D eigenvalue weighted by Gasteiger charge is 2.42. The van der Waals surface area contributed by atoms with Crippen molar-refractivity contribution in [2.24, 2.45) is 23.5 Å². The Morgan fingerprint density at radius 3 is 2.59 bits per heavy atom. The third-order valence-corrected chi connectivity index (χ3v) is 5.82. The Kier molecular flexibility index (Phi) is 5.68. The number of primary amides is 1. The van der Waals surface area contributed by atoms with Crippen molar-refractivity contribution in [3.8, 4) is 0 Å². The fourth-order valence-corrected chi connectivity index (χ4v) is 4.50. The Morgan fingerprint density at radius 1 is 1.19 bits per heavy atom. The van der Waals surface area contributed by atoms with Gasteiger partial charge in [0.1, 0.15) is 0 Å². The van der Waals surface area contributed by atoms with Crippen LogP contribution < -0.4 is 16.4 Å². The van der Waals surface area contributed by atoms with Crippen LogP contribution in [-0.2, 0) is 9.53 Å². The Bertz CT molecular complexity index is 736. The summed E-state index contributed by atoms with van der Waals surface area (Å²) in [7, 11) is 0. The molecule has 4 N–H and O–H groups in total. The highest BCUT2D eigenvalue weighted by atomic mass is 16.5. The lowest BCUT2D eigenvalue weighted by Crippen LogP contribution is -2.45. The van der Waals surface area contributed by atoms with E-state index in [1.54, 1.807) is 25.1 Å². The molecule has 3 amide bonds. The predicted molar refractivity (Wildman–Crippen MR) is 101 cm³/mol. The Balaban J connectivity index is 1.53. The summed E-state index contributed by atoms with van der Waals surface area (Å²) in [4.78, 5) is 35.6. The molecule has 2 aliphatic rings. The van der Waals surface area contributed by atoms with Crippen molar-refractivity contribution in [2.45, 2.75) is 51.7 Å². The summed E-state index contributed by atoms with van der Waals surface area (Å²) in [5, 5.41) is 5.41. The normalized spacial score (nSPS) is 25.5. The topological polar surface area (TPSA) is 111 Å². The van der Waals surface area contributed by atoms with Gasteiger partial charge < -0.3 is 21.1 Å². The Morgan fingerprint density at radius 2 is 1.96 bits per heavy atom. The van der Waals surface area contributed by atoms with E-state index in [2.05, 4.69) is 10.6 Å². The number of anilines is 1. The van der Waals surface area contributed by atoms with Crippen LogP contribution in [0.1, 0.15) is 49.9 Å². The fourth-order valence-electron chi connectivity index (χ4n) is 4.50. The zero-order chi connectivity index (χ0) is 19.6. The number of nitrogens with one attached hydrogen (secondary N) is 2. The van der Waals surface area contributed by atoms with Crippen molar-refractivity contribution >= 4 is 23.6 Å². The van der Waals surface area contributed by atoms with Crippen LogP contribution in [0.5, 0.6) is 0 Å². The van der Waals surface area contributed by atoms with Gasteiger partial charge in [0.05, 0.1) is 5.56 Å². The summed E-state index contributed by atoms with van der Waals surface area (Å²) in [5.74, 6) is 1.13. The van der Waals surface area contributed by atoms with Crippen LogP contribution in [0.25, 0.3) is 0 Å². The minimum Gasteiger partial charge on any atom is -0.449 e. The Hall–Kier alpha value is -2.57. The summed E-state index contributed by atoms with van der Waals surface area (Å²) in [6, 6.07) is 5.57. The van der Waals surface area contributed by atoms with E-state index in [4.69, 9.17) is 10.5 Å². The van der Waals surface area contributed by atoms with Gasteiger partial charge in [-0.25, -0.2) is 9.59 Å². The third kappa shape index (κ3) is 4.59. The fraction of sp³-hybridized carbons (Fsp3) is 0.550. The maximum Gasteiger partial charge on any atom is 0.338 e. The lowest BCUT2D eigenvalue weighted by molar-refractivity contribution is -0.130. The zero-order valence-electron chi connectivity index (χ0n) is 15.7. The van der Waals surface area contributed by atoms with Crippen LogP contribution in [0.3, 0.4) is 0 Å². The molecule has 0 aromatic heterocycles. The second-order valence-corrected chi connectivity index (χ2v) is 7.75. The molecular formula is C20H27N3O4. The van der Waals surface area contributed by atoms with Crippen molar-refractivity contribution in [3.05, 3.63) is 29.8 Å². The SMILES string of the molecule is C[C@H](OC(=O)c1cccc(NC(N)=O)c1)C(=O)N[C@H](C)[C@H]1C[C@H]2CC[C@H]1C2. The molecule has 1 aromatic carbocycles. The van der Waals surface area contributed by atoms with E-state index in [1.807, 2.05) is 6.92 Å². The molecule has 0 saturated heterocycles. The van der Waals surface area contributed by atoms with Crippen molar-refractivity contribution in [1.29, 1.82) is 0 Å². The quantitative estimate of drug-likeness (QED) is 0.666. The molecule has 0 aliphatic heterocycles. The minimum absolute atomic E-state index is 0.0806. The molecule has 27 heavy (non-hydrogen) atoms. The molecule has 3 rings (SSSR count). The summed E-state index contributed by atoms with van der Waals surface area (Å²) >= 11 is 0. The van der Waals surface area contributed by atoms with Gasteiger partial charge in [0.25, 0.3) is 5.91 Å². The van der Waals surface area contributed by atoms with Gasteiger partial charge in [0, 0.05) is 11.7 Å². The largest absolute Gasteiger partial charge is 0.449 e. The van der Waals surface area contributed by atoms with Gasteiger partial charge in [-0.05, 0) is 69.1 Å². The number of esters is 1. The molecule has 0 spiro atoms. The predicted octanol–water partition coefficient (Wildman–Crippen LogP) is 2.66. The number of amides is 3. The number of rotatable bonds is 6. The first-order valence-corrected chi connectivity index (χ1v) is 9.51. The maximum atomic E-state index is 12.4. The summed E-state index contributed by atoms with van der Waals surface area (Å²) < 4.78 is 5.29. The number of carbonyl (C=O) groups is 3. The van der Waals surface area contributed by atoms with Crippen LogP contribution in [0.15, 0.2) is 24.3 Å². The van der Waals surface area contributed by atoms with Crippen molar-refractivity contribution < 1.29 is 19.1 Å². The van der Waals surface area contributed by atoms with Crippen molar-refractivity contribution in [1.82, 2.24) is 5.32 Å². The second kappa shape index (κ2) is 7.98. The molecule has 2 aliphatic carbocycles. The Labute approximate surface area is 159 Å². The molecule has 7 nitrogen and oxygen atoms in total. The van der Waals surface area contributed by atoms with Gasteiger partial charge in [-0.1, -0.05) is 12.5 Å². The smallest absolute Gasteiger partial charge is 0.338 e. The summed E-state index contributed by atoms with van der Waals surface area (Å²) in [6.45, 7) is 3.60. The van der Waals surface area contributed by atoms with Crippen LogP contribution in [0, 0.1) is 17.8 Å². The molecule has 7 heteroatoms. The van der Waals surface area contributed by atoms with Crippen molar-refractivity contribution in [2.75, 3.05) is 5.32 Å². The average molecular weight is 373 g/mol. The number of benzene rings is 1. The summed E-state index contributed by atoms with van der Waals surface area (Å²) in [6.07, 6.45) is 4.15. The molecule has 2 fully saturated rings. The average Bonchev–Trinajstić information content (AvgIpc) is 3.24. The van der Waals surface area contributed by atoms with E-state index >= 15 is 0 Å². The van der Waals surface area contributed by atoms with Gasteiger partial charge in [-0.3, -0.25) is 4.79 Å². The first-order valence-electron chi connectivity index (χ1n) is 9.51. The van der Waals surface area contributed by atoms with E-state index < -0.39 is 18.1 Å². The molecule has 5 atom stereocenters. The minimum atomic E-state index is -0.897. The van der Waals surface area contributed by atoms with Gasteiger partial charge in [-0.2, -0.15) is 0 Å². The number of hydrogen-bond acceptors (Lipinski definition) is 4. The van der Waals surface area contributed by atoms with Gasteiger partial charge in [0.15, 0.2) is 6.10 Å². The maximum absolute atomic E-state index is 12.4. The number of fused-ring (bicyclic) bond motifs is 2. The molecule has 0 heterocycles. The number of nitrogens with two attached hydrogens (primary N) is 1. The van der Waals surface area contributed by atoms with E-state index in [0.717, 1.165) is 5.92 Å². The van der Waals surface area contributed by atoms with Crippen molar-refractivity contribution in [3.63, 3.8) is 0 Å². The number of ether oxygens (including phenoxy) is 1. The van der Waals surface area contributed by atoms with Crippen LogP contribution >= 0.6 is 0 Å². The second-order valence-electron chi connectivity index (χ2n) is 7.75. The van der Waals surface area contributed by atoms with Gasteiger partial charge in [0.2, 0.25) is 0 Å². The van der Waals surface area contributed by atoms with E-state index in [9.17, 15) is 14.4 Å². The highest BCUT2D eigenvalue weighted by molar-refractivity contribution is 5.95. The van der Waals surface area contributed by atoms with Crippen LogP contribution in [0.4, 0.5) is 10.5 Å². The molecule has 0 unspecified atom stereocenters. The van der Waals surface area contributed by atoms with Gasteiger partial charge in [-0.15, -0.1) is 0 Å².